The fraction of sp³-hybridized carbons (Fsp3) is 0.421. The van der Waals surface area contributed by atoms with Crippen LogP contribution in [0.2, 0.25) is 5.02 Å². The van der Waals surface area contributed by atoms with Gasteiger partial charge in [-0.2, -0.15) is 16.9 Å². The summed E-state index contributed by atoms with van der Waals surface area (Å²) in [6.07, 6.45) is -0.198. The summed E-state index contributed by atoms with van der Waals surface area (Å²) in [5, 5.41) is 8.01. The van der Waals surface area contributed by atoms with E-state index in [0.29, 0.717) is 23.9 Å². The Hall–Kier alpha value is -2.03. The van der Waals surface area contributed by atoms with Crippen molar-refractivity contribution in [2.24, 2.45) is 0 Å². The van der Waals surface area contributed by atoms with Crippen molar-refractivity contribution in [3.8, 4) is 5.69 Å². The highest BCUT2D eigenvalue weighted by atomic mass is 35.5. The topological polar surface area (TPSA) is 76.5 Å². The summed E-state index contributed by atoms with van der Waals surface area (Å²) in [6, 6.07) is 7.25. The molecule has 3 heterocycles. The number of nitrogens with zero attached hydrogens (tertiary/aromatic N) is 3. The Labute approximate surface area is 172 Å². The third kappa shape index (κ3) is 3.76. The van der Waals surface area contributed by atoms with Crippen LogP contribution >= 0.6 is 23.4 Å². The largest absolute Gasteiger partial charge is 0.372 e. The van der Waals surface area contributed by atoms with E-state index in [0.717, 1.165) is 28.5 Å². The number of carbonyl (C=O) groups is 2. The number of hydrogen-bond acceptors (Lipinski definition) is 5. The molecule has 2 amide bonds. The number of morpholine rings is 1. The van der Waals surface area contributed by atoms with E-state index in [4.69, 9.17) is 16.3 Å². The number of thioether (sulfide) groups is 1. The van der Waals surface area contributed by atoms with Crippen LogP contribution in [0.1, 0.15) is 25.1 Å². The first kappa shape index (κ1) is 19.3. The Morgan fingerprint density at radius 1 is 1.25 bits per heavy atom. The van der Waals surface area contributed by atoms with Gasteiger partial charge in [0, 0.05) is 35.2 Å². The normalized spacial score (nSPS) is 21.5. The Kier molecular flexibility index (Phi) is 5.35. The number of amides is 2. The Morgan fingerprint density at radius 3 is 2.71 bits per heavy atom. The highest BCUT2D eigenvalue weighted by Crippen LogP contribution is 2.36. The number of halogens is 1. The molecular formula is C19H21ClN4O3S. The van der Waals surface area contributed by atoms with Gasteiger partial charge in [-0.15, -0.1) is 0 Å². The van der Waals surface area contributed by atoms with Gasteiger partial charge in [0.25, 0.3) is 0 Å². The molecule has 7 nitrogen and oxygen atoms in total. The van der Waals surface area contributed by atoms with Crippen LogP contribution in [-0.4, -0.2) is 51.8 Å². The van der Waals surface area contributed by atoms with E-state index in [9.17, 15) is 9.59 Å². The van der Waals surface area contributed by atoms with Gasteiger partial charge in [0.1, 0.15) is 5.82 Å². The molecule has 0 bridgehead atoms. The maximum absolute atomic E-state index is 12.8. The number of anilines is 1. The van der Waals surface area contributed by atoms with Crippen molar-refractivity contribution in [2.75, 3.05) is 18.4 Å². The van der Waals surface area contributed by atoms with Crippen molar-refractivity contribution in [3.05, 3.63) is 40.5 Å². The minimum absolute atomic E-state index is 0.0989. The number of hydrogen-bond donors (Lipinski definition) is 1. The molecule has 1 saturated heterocycles. The molecule has 0 radical (unpaired) electrons. The molecule has 0 unspecified atom stereocenters. The number of nitrogens with one attached hydrogen (secondary N) is 1. The number of rotatable bonds is 2. The first-order chi connectivity index (χ1) is 13.4. The lowest BCUT2D eigenvalue weighted by Gasteiger charge is -2.34. The van der Waals surface area contributed by atoms with E-state index in [2.05, 4.69) is 10.4 Å². The van der Waals surface area contributed by atoms with E-state index in [1.807, 2.05) is 26.0 Å². The van der Waals surface area contributed by atoms with Gasteiger partial charge in [-0.1, -0.05) is 17.7 Å². The molecule has 0 spiro atoms. The van der Waals surface area contributed by atoms with E-state index < -0.39 is 11.8 Å². The molecule has 0 saturated carbocycles. The first-order valence-corrected chi connectivity index (χ1v) is 10.7. The second-order valence-corrected chi connectivity index (χ2v) is 8.50. The summed E-state index contributed by atoms with van der Waals surface area (Å²) >= 11 is 7.85. The third-order valence-corrected chi connectivity index (χ3v) is 5.94. The average molecular weight is 421 g/mol. The molecular weight excluding hydrogens is 400 g/mol. The zero-order chi connectivity index (χ0) is 19.8. The Bertz CT molecular complexity index is 922. The van der Waals surface area contributed by atoms with Crippen LogP contribution in [-0.2, 0) is 25.8 Å². The van der Waals surface area contributed by atoms with Crippen LogP contribution in [0.4, 0.5) is 5.82 Å². The molecule has 9 heteroatoms. The van der Waals surface area contributed by atoms with Crippen LogP contribution in [0.5, 0.6) is 0 Å². The van der Waals surface area contributed by atoms with E-state index >= 15 is 0 Å². The van der Waals surface area contributed by atoms with E-state index in [1.165, 1.54) is 0 Å². The maximum atomic E-state index is 12.8. The highest BCUT2D eigenvalue weighted by molar-refractivity contribution is 7.98. The molecule has 2 atom stereocenters. The molecule has 28 heavy (non-hydrogen) atoms. The number of aromatic nitrogens is 2. The van der Waals surface area contributed by atoms with Crippen LogP contribution < -0.4 is 5.32 Å². The zero-order valence-corrected chi connectivity index (χ0v) is 17.2. The molecule has 2 aromatic rings. The van der Waals surface area contributed by atoms with Gasteiger partial charge in [0.05, 0.1) is 23.6 Å². The average Bonchev–Trinajstić information content (AvgIpc) is 3.23. The standard InChI is InChI=1S/C19H21ClN4O3S/c1-11-7-23(8-12(2)27-11)19(26)18(25)21-17-15-9-28-10-16(15)22-24(17)14-5-3-4-13(20)6-14/h3-6,11-12H,7-10H2,1-2H3,(H,21,25)/t11-,12-/m1/s1. The number of carbonyl (C=O) groups excluding carboxylic acids is 2. The third-order valence-electron chi connectivity index (χ3n) is 4.74. The Morgan fingerprint density at radius 2 is 2.00 bits per heavy atom. The predicted octanol–water partition coefficient (Wildman–Crippen LogP) is 2.85. The smallest absolute Gasteiger partial charge is 0.315 e. The molecule has 148 valence electrons. The molecule has 4 rings (SSSR count). The maximum Gasteiger partial charge on any atom is 0.315 e. The monoisotopic (exact) mass is 420 g/mol. The number of ether oxygens (including phenoxy) is 1. The van der Waals surface area contributed by atoms with E-state index in [-0.39, 0.29) is 12.2 Å². The summed E-state index contributed by atoms with van der Waals surface area (Å²) in [6.45, 7) is 4.59. The van der Waals surface area contributed by atoms with Crippen LogP contribution in [0.3, 0.4) is 0 Å². The summed E-state index contributed by atoms with van der Waals surface area (Å²) in [5.74, 6) is 0.836. The van der Waals surface area contributed by atoms with Crippen molar-refractivity contribution in [3.63, 3.8) is 0 Å². The Balaban J connectivity index is 1.61. The molecule has 2 aliphatic rings. The second kappa shape index (κ2) is 7.77. The molecule has 1 fully saturated rings. The van der Waals surface area contributed by atoms with Gasteiger partial charge in [-0.25, -0.2) is 4.68 Å². The van der Waals surface area contributed by atoms with Crippen molar-refractivity contribution >= 4 is 41.0 Å². The molecule has 1 N–H and O–H groups in total. The summed E-state index contributed by atoms with van der Waals surface area (Å²) in [4.78, 5) is 27.0. The van der Waals surface area contributed by atoms with Crippen molar-refractivity contribution in [1.82, 2.24) is 14.7 Å². The summed E-state index contributed by atoms with van der Waals surface area (Å²) in [7, 11) is 0. The SMILES string of the molecule is C[C@@H]1CN(C(=O)C(=O)Nc2c3c(nn2-c2cccc(Cl)c2)CSC3)C[C@@H](C)O1. The number of benzene rings is 1. The van der Waals surface area contributed by atoms with Crippen LogP contribution in [0, 0.1) is 0 Å². The molecule has 1 aromatic heterocycles. The van der Waals surface area contributed by atoms with Crippen LogP contribution in [0.15, 0.2) is 24.3 Å². The van der Waals surface area contributed by atoms with Gasteiger partial charge in [-0.05, 0) is 32.0 Å². The predicted molar refractivity (Wildman–Crippen MR) is 109 cm³/mol. The first-order valence-electron chi connectivity index (χ1n) is 9.12. The minimum atomic E-state index is -0.663. The van der Waals surface area contributed by atoms with Crippen molar-refractivity contribution < 1.29 is 14.3 Å². The van der Waals surface area contributed by atoms with Gasteiger partial charge in [-0.3, -0.25) is 9.59 Å². The van der Waals surface area contributed by atoms with Crippen molar-refractivity contribution in [2.45, 2.75) is 37.6 Å². The molecule has 0 aliphatic carbocycles. The van der Waals surface area contributed by atoms with E-state index in [1.54, 1.807) is 33.5 Å². The molecule has 1 aromatic carbocycles. The lowest BCUT2D eigenvalue weighted by Crippen LogP contribution is -2.51. The fourth-order valence-corrected chi connectivity index (χ4v) is 4.80. The van der Waals surface area contributed by atoms with Crippen LogP contribution in [0.25, 0.3) is 5.69 Å². The number of fused-ring (bicyclic) bond motifs is 1. The molecule has 2 aliphatic heterocycles. The summed E-state index contributed by atoms with van der Waals surface area (Å²) < 4.78 is 7.30. The highest BCUT2D eigenvalue weighted by Gasteiger charge is 2.32. The van der Waals surface area contributed by atoms with Gasteiger partial charge < -0.3 is 15.0 Å². The lowest BCUT2D eigenvalue weighted by molar-refractivity contribution is -0.151. The quantitative estimate of drug-likeness (QED) is 0.756. The minimum Gasteiger partial charge on any atom is -0.372 e. The van der Waals surface area contributed by atoms with Gasteiger partial charge in [0.15, 0.2) is 0 Å². The second-order valence-electron chi connectivity index (χ2n) is 7.08. The van der Waals surface area contributed by atoms with Gasteiger partial charge in [0.2, 0.25) is 0 Å². The zero-order valence-electron chi connectivity index (χ0n) is 15.6. The fourth-order valence-electron chi connectivity index (χ4n) is 3.58. The van der Waals surface area contributed by atoms with Crippen molar-refractivity contribution in [1.29, 1.82) is 0 Å². The van der Waals surface area contributed by atoms with Gasteiger partial charge >= 0.3 is 11.8 Å². The lowest BCUT2D eigenvalue weighted by atomic mass is 10.2. The summed E-state index contributed by atoms with van der Waals surface area (Å²) in [5.41, 5.74) is 2.61.